The van der Waals surface area contributed by atoms with Gasteiger partial charge >= 0.3 is 0 Å². The van der Waals surface area contributed by atoms with Gasteiger partial charge in [0.15, 0.2) is 0 Å². The van der Waals surface area contributed by atoms with E-state index in [1.54, 1.807) is 0 Å². The quantitative estimate of drug-likeness (QED) is 0.756. The molecule has 0 amide bonds. The smallest absolute Gasteiger partial charge is 0.225 e. The van der Waals surface area contributed by atoms with Crippen LogP contribution in [0.4, 0.5) is 5.95 Å². The fourth-order valence-electron chi connectivity index (χ4n) is 2.42. The van der Waals surface area contributed by atoms with E-state index in [0.29, 0.717) is 5.92 Å². The molecule has 1 aliphatic rings. The van der Waals surface area contributed by atoms with Gasteiger partial charge in [0.05, 0.1) is 6.61 Å². The average molecular weight is 293 g/mol. The van der Waals surface area contributed by atoms with Gasteiger partial charge in [-0.2, -0.15) is 0 Å². The molecule has 1 aromatic heterocycles. The summed E-state index contributed by atoms with van der Waals surface area (Å²) in [4.78, 5) is 13.4. The van der Waals surface area contributed by atoms with Crippen molar-refractivity contribution in [2.75, 3.05) is 50.8 Å². The molecule has 0 aromatic carbocycles. The van der Waals surface area contributed by atoms with Gasteiger partial charge in [0.25, 0.3) is 0 Å². The van der Waals surface area contributed by atoms with Gasteiger partial charge in [0.2, 0.25) is 5.95 Å². The Morgan fingerprint density at radius 3 is 2.43 bits per heavy atom. The van der Waals surface area contributed by atoms with Crippen molar-refractivity contribution in [1.29, 1.82) is 0 Å². The Labute approximate surface area is 127 Å². The number of β-amino-alcohol motifs (C(OH)–C–C–N with tert-alkyl or cyclic N) is 1. The lowest BCUT2D eigenvalue weighted by atomic mass is 10.2. The van der Waals surface area contributed by atoms with Crippen LogP contribution in [0.25, 0.3) is 0 Å². The summed E-state index contributed by atoms with van der Waals surface area (Å²) in [5, 5.41) is 12.3. The van der Waals surface area contributed by atoms with Crippen LogP contribution in [0.3, 0.4) is 0 Å². The summed E-state index contributed by atoms with van der Waals surface area (Å²) in [5.41, 5.74) is 1.12. The number of aliphatic hydroxyl groups is 1. The van der Waals surface area contributed by atoms with Crippen molar-refractivity contribution in [3.63, 3.8) is 0 Å². The SMILES string of the molecule is CC(C)CNCc1cnc(N2CCN(CCO)CC2)nc1. The highest BCUT2D eigenvalue weighted by Gasteiger charge is 2.18. The van der Waals surface area contributed by atoms with E-state index in [1.807, 2.05) is 12.4 Å². The summed E-state index contributed by atoms with van der Waals surface area (Å²) in [6, 6.07) is 0. The number of nitrogens with one attached hydrogen (secondary N) is 1. The first-order chi connectivity index (χ1) is 10.2. The van der Waals surface area contributed by atoms with E-state index in [2.05, 4.69) is 38.9 Å². The number of anilines is 1. The first kappa shape index (κ1) is 16.1. The van der Waals surface area contributed by atoms with E-state index in [-0.39, 0.29) is 6.61 Å². The Kier molecular flexibility index (Phi) is 6.35. The van der Waals surface area contributed by atoms with Crippen LogP contribution in [-0.4, -0.2) is 65.8 Å². The first-order valence-electron chi connectivity index (χ1n) is 7.79. The molecule has 0 radical (unpaired) electrons. The van der Waals surface area contributed by atoms with Crippen LogP contribution in [0.15, 0.2) is 12.4 Å². The Morgan fingerprint density at radius 1 is 1.19 bits per heavy atom. The molecule has 0 unspecified atom stereocenters. The molecule has 21 heavy (non-hydrogen) atoms. The second-order valence-corrected chi connectivity index (χ2v) is 5.97. The van der Waals surface area contributed by atoms with Crippen molar-refractivity contribution in [2.45, 2.75) is 20.4 Å². The number of nitrogens with zero attached hydrogens (tertiary/aromatic N) is 4. The number of hydrogen-bond donors (Lipinski definition) is 2. The van der Waals surface area contributed by atoms with Gasteiger partial charge < -0.3 is 15.3 Å². The Hall–Kier alpha value is -1.24. The van der Waals surface area contributed by atoms with E-state index in [0.717, 1.165) is 57.3 Å². The van der Waals surface area contributed by atoms with E-state index in [9.17, 15) is 0 Å². The van der Waals surface area contributed by atoms with Gasteiger partial charge in [-0.3, -0.25) is 4.90 Å². The van der Waals surface area contributed by atoms with E-state index < -0.39 is 0 Å². The number of aromatic nitrogens is 2. The zero-order chi connectivity index (χ0) is 15.1. The van der Waals surface area contributed by atoms with Crippen LogP contribution in [-0.2, 0) is 6.54 Å². The maximum atomic E-state index is 8.95. The predicted octanol–water partition coefficient (Wildman–Crippen LogP) is 0.337. The number of aliphatic hydroxyl groups excluding tert-OH is 1. The molecule has 1 fully saturated rings. The van der Waals surface area contributed by atoms with Gasteiger partial charge in [-0.05, 0) is 12.5 Å². The molecule has 2 N–H and O–H groups in total. The molecule has 1 saturated heterocycles. The molecule has 0 aliphatic carbocycles. The summed E-state index contributed by atoms with van der Waals surface area (Å²) in [6.45, 7) is 11.0. The van der Waals surface area contributed by atoms with Crippen molar-refractivity contribution in [3.8, 4) is 0 Å². The summed E-state index contributed by atoms with van der Waals surface area (Å²) < 4.78 is 0. The number of hydrogen-bond acceptors (Lipinski definition) is 6. The minimum Gasteiger partial charge on any atom is -0.395 e. The second-order valence-electron chi connectivity index (χ2n) is 5.97. The van der Waals surface area contributed by atoms with Crippen LogP contribution >= 0.6 is 0 Å². The summed E-state index contributed by atoms with van der Waals surface area (Å²) >= 11 is 0. The van der Waals surface area contributed by atoms with Gasteiger partial charge in [0, 0.05) is 57.2 Å². The highest BCUT2D eigenvalue weighted by atomic mass is 16.3. The lowest BCUT2D eigenvalue weighted by Gasteiger charge is -2.34. The molecular weight excluding hydrogens is 266 g/mol. The molecule has 6 heteroatoms. The van der Waals surface area contributed by atoms with Crippen molar-refractivity contribution < 1.29 is 5.11 Å². The summed E-state index contributed by atoms with van der Waals surface area (Å²) in [5.74, 6) is 1.46. The molecule has 1 aromatic rings. The minimum atomic E-state index is 0.231. The van der Waals surface area contributed by atoms with Gasteiger partial charge in [-0.25, -0.2) is 9.97 Å². The third kappa shape index (κ3) is 5.22. The maximum absolute atomic E-state index is 8.95. The standard InChI is InChI=1S/C15H27N5O/c1-13(2)9-16-10-14-11-17-15(18-12-14)20-5-3-19(4-6-20)7-8-21/h11-13,16,21H,3-10H2,1-2H3. The minimum absolute atomic E-state index is 0.231. The average Bonchev–Trinajstić information content (AvgIpc) is 2.49. The number of piperazine rings is 1. The van der Waals surface area contributed by atoms with Crippen LogP contribution in [0.5, 0.6) is 0 Å². The van der Waals surface area contributed by atoms with E-state index in [1.165, 1.54) is 0 Å². The highest BCUT2D eigenvalue weighted by molar-refractivity contribution is 5.30. The third-order valence-electron chi connectivity index (χ3n) is 3.64. The predicted molar refractivity (Wildman–Crippen MR) is 84.3 cm³/mol. The molecule has 2 rings (SSSR count). The zero-order valence-electron chi connectivity index (χ0n) is 13.1. The molecule has 0 atom stereocenters. The molecule has 1 aliphatic heterocycles. The molecule has 0 saturated carbocycles. The van der Waals surface area contributed by atoms with Gasteiger partial charge in [-0.15, -0.1) is 0 Å². The lowest BCUT2D eigenvalue weighted by Crippen LogP contribution is -2.47. The number of rotatable bonds is 7. The molecule has 2 heterocycles. The Bertz CT molecular complexity index is 401. The fourth-order valence-corrected chi connectivity index (χ4v) is 2.42. The van der Waals surface area contributed by atoms with Crippen LogP contribution in [0.2, 0.25) is 0 Å². The largest absolute Gasteiger partial charge is 0.395 e. The molecule has 0 bridgehead atoms. The molecule has 6 nitrogen and oxygen atoms in total. The first-order valence-corrected chi connectivity index (χ1v) is 7.79. The van der Waals surface area contributed by atoms with Crippen molar-refractivity contribution >= 4 is 5.95 Å². The van der Waals surface area contributed by atoms with Crippen LogP contribution in [0, 0.1) is 5.92 Å². The topological polar surface area (TPSA) is 64.5 Å². The summed E-state index contributed by atoms with van der Waals surface area (Å²) in [7, 11) is 0. The molecular formula is C15H27N5O. The third-order valence-corrected chi connectivity index (χ3v) is 3.64. The van der Waals surface area contributed by atoms with Gasteiger partial charge in [0.1, 0.15) is 0 Å². The molecule has 0 spiro atoms. The molecule has 118 valence electrons. The van der Waals surface area contributed by atoms with Crippen molar-refractivity contribution in [1.82, 2.24) is 20.2 Å². The summed E-state index contributed by atoms with van der Waals surface area (Å²) in [6.07, 6.45) is 3.82. The van der Waals surface area contributed by atoms with Crippen molar-refractivity contribution in [2.24, 2.45) is 5.92 Å². The maximum Gasteiger partial charge on any atom is 0.225 e. The normalized spacial score (nSPS) is 16.7. The van der Waals surface area contributed by atoms with Crippen molar-refractivity contribution in [3.05, 3.63) is 18.0 Å². The monoisotopic (exact) mass is 293 g/mol. The Morgan fingerprint density at radius 2 is 1.86 bits per heavy atom. The highest BCUT2D eigenvalue weighted by Crippen LogP contribution is 2.10. The van der Waals surface area contributed by atoms with E-state index in [4.69, 9.17) is 5.11 Å². The Balaban J connectivity index is 1.79. The zero-order valence-corrected chi connectivity index (χ0v) is 13.1. The van der Waals surface area contributed by atoms with E-state index >= 15 is 0 Å². The van der Waals surface area contributed by atoms with Crippen LogP contribution in [0.1, 0.15) is 19.4 Å². The van der Waals surface area contributed by atoms with Gasteiger partial charge in [-0.1, -0.05) is 13.8 Å². The second kappa shape index (κ2) is 8.26. The fraction of sp³-hybridized carbons (Fsp3) is 0.733. The van der Waals surface area contributed by atoms with Crippen LogP contribution < -0.4 is 10.2 Å². The lowest BCUT2D eigenvalue weighted by molar-refractivity contribution is 0.188.